The zero-order chi connectivity index (χ0) is 6.69. The average Bonchev–Trinajstić information content (AvgIpc) is 1.89. The normalized spacial score (nSPS) is 27.7. The fourth-order valence-electron chi connectivity index (χ4n) is 0.868. The molecule has 2 nitrogen and oxygen atoms in total. The van der Waals surface area contributed by atoms with E-state index in [1.807, 2.05) is 0 Å². The molecule has 1 atom stereocenters. The maximum atomic E-state index is 5.34. The van der Waals surface area contributed by atoms with Gasteiger partial charge < -0.3 is 10.1 Å². The molecule has 1 N–H and O–H groups in total. The first-order chi connectivity index (χ1) is 4.34. The van der Waals surface area contributed by atoms with Crippen LogP contribution in [-0.2, 0) is 4.74 Å². The standard InChI is InChI=1S/C6H11NOS/c1-2-5-6(9)7-3-4-8-5/h5H,2-4H2,1H3,(H,7,9). The Labute approximate surface area is 60.6 Å². The number of thiocarbonyl (C=S) groups is 1. The van der Waals surface area contributed by atoms with Crippen LogP contribution in [0.3, 0.4) is 0 Å². The van der Waals surface area contributed by atoms with E-state index in [4.69, 9.17) is 17.0 Å². The highest BCUT2D eigenvalue weighted by Crippen LogP contribution is 2.02. The van der Waals surface area contributed by atoms with Gasteiger partial charge in [-0.1, -0.05) is 19.1 Å². The quantitative estimate of drug-likeness (QED) is 0.549. The molecule has 0 amide bonds. The molecule has 0 radical (unpaired) electrons. The summed E-state index contributed by atoms with van der Waals surface area (Å²) in [5, 5.41) is 3.09. The minimum Gasteiger partial charge on any atom is -0.375 e. The summed E-state index contributed by atoms with van der Waals surface area (Å²) in [6.45, 7) is 3.73. The first-order valence-corrected chi connectivity index (χ1v) is 3.64. The molecule has 1 rings (SSSR count). The van der Waals surface area contributed by atoms with Crippen LogP contribution in [0.2, 0.25) is 0 Å². The minimum absolute atomic E-state index is 0.175. The van der Waals surface area contributed by atoms with E-state index in [1.165, 1.54) is 0 Å². The third kappa shape index (κ3) is 1.63. The van der Waals surface area contributed by atoms with Crippen LogP contribution in [0.1, 0.15) is 13.3 Å². The number of ether oxygens (including phenoxy) is 1. The SMILES string of the molecule is CCC1OCCNC1=S. The number of rotatable bonds is 1. The molecule has 0 aromatic rings. The summed E-state index contributed by atoms with van der Waals surface area (Å²) >= 11 is 4.99. The Hall–Kier alpha value is -0.150. The summed E-state index contributed by atoms with van der Waals surface area (Å²) < 4.78 is 5.34. The summed E-state index contributed by atoms with van der Waals surface area (Å²) in [6.07, 6.45) is 1.15. The van der Waals surface area contributed by atoms with Crippen LogP contribution in [0, 0.1) is 0 Å². The molecular formula is C6H11NOS. The van der Waals surface area contributed by atoms with E-state index in [0.29, 0.717) is 0 Å². The van der Waals surface area contributed by atoms with E-state index in [0.717, 1.165) is 24.6 Å². The van der Waals surface area contributed by atoms with Gasteiger partial charge in [0.05, 0.1) is 6.61 Å². The summed E-state index contributed by atoms with van der Waals surface area (Å²) in [5.41, 5.74) is 0. The summed E-state index contributed by atoms with van der Waals surface area (Å²) in [4.78, 5) is 0.865. The summed E-state index contributed by atoms with van der Waals surface area (Å²) in [5.74, 6) is 0. The molecule has 0 bridgehead atoms. The van der Waals surface area contributed by atoms with Gasteiger partial charge in [0, 0.05) is 6.54 Å². The van der Waals surface area contributed by atoms with Crippen molar-refractivity contribution in [3.05, 3.63) is 0 Å². The van der Waals surface area contributed by atoms with Crippen molar-refractivity contribution in [1.29, 1.82) is 0 Å². The van der Waals surface area contributed by atoms with Crippen LogP contribution in [-0.4, -0.2) is 24.2 Å². The Morgan fingerprint density at radius 3 is 3.11 bits per heavy atom. The third-order valence-electron chi connectivity index (χ3n) is 1.38. The monoisotopic (exact) mass is 145 g/mol. The highest BCUT2D eigenvalue weighted by molar-refractivity contribution is 7.80. The van der Waals surface area contributed by atoms with Crippen LogP contribution in [0.4, 0.5) is 0 Å². The molecule has 1 heterocycles. The molecule has 0 aromatic heterocycles. The second-order valence-electron chi connectivity index (χ2n) is 2.06. The Bertz CT molecular complexity index is 116. The van der Waals surface area contributed by atoms with Crippen molar-refractivity contribution in [3.63, 3.8) is 0 Å². The highest BCUT2D eigenvalue weighted by Gasteiger charge is 2.15. The second kappa shape index (κ2) is 3.13. The van der Waals surface area contributed by atoms with E-state index in [-0.39, 0.29) is 6.10 Å². The van der Waals surface area contributed by atoms with E-state index < -0.39 is 0 Å². The molecule has 0 aromatic carbocycles. The van der Waals surface area contributed by atoms with Gasteiger partial charge >= 0.3 is 0 Å². The maximum absolute atomic E-state index is 5.34. The lowest BCUT2D eigenvalue weighted by molar-refractivity contribution is 0.0844. The molecule has 0 saturated carbocycles. The molecular weight excluding hydrogens is 134 g/mol. The number of hydrogen-bond donors (Lipinski definition) is 1. The maximum Gasteiger partial charge on any atom is 0.107 e. The fraction of sp³-hybridized carbons (Fsp3) is 0.833. The van der Waals surface area contributed by atoms with Crippen molar-refractivity contribution in [2.75, 3.05) is 13.2 Å². The van der Waals surface area contributed by atoms with Gasteiger partial charge in [-0.25, -0.2) is 0 Å². The Kier molecular flexibility index (Phi) is 2.42. The lowest BCUT2D eigenvalue weighted by Gasteiger charge is -2.23. The molecule has 0 spiro atoms. The number of morpholine rings is 1. The molecule has 1 saturated heterocycles. The predicted molar refractivity (Wildman–Crippen MR) is 40.6 cm³/mol. The molecule has 3 heteroatoms. The third-order valence-corrected chi connectivity index (χ3v) is 1.79. The Balaban J connectivity index is 2.39. The largest absolute Gasteiger partial charge is 0.375 e. The lowest BCUT2D eigenvalue weighted by Crippen LogP contribution is -2.42. The molecule has 9 heavy (non-hydrogen) atoms. The van der Waals surface area contributed by atoms with Crippen LogP contribution in [0.5, 0.6) is 0 Å². The van der Waals surface area contributed by atoms with Gasteiger partial charge in [0.25, 0.3) is 0 Å². The first kappa shape index (κ1) is 6.96. The topological polar surface area (TPSA) is 21.3 Å². The van der Waals surface area contributed by atoms with Crippen LogP contribution >= 0.6 is 12.2 Å². The van der Waals surface area contributed by atoms with Gasteiger partial charge in [-0.3, -0.25) is 0 Å². The van der Waals surface area contributed by atoms with Gasteiger partial charge in [0.2, 0.25) is 0 Å². The first-order valence-electron chi connectivity index (χ1n) is 3.24. The molecule has 1 aliphatic rings. The zero-order valence-electron chi connectivity index (χ0n) is 5.52. The summed E-state index contributed by atoms with van der Waals surface area (Å²) in [7, 11) is 0. The second-order valence-corrected chi connectivity index (χ2v) is 2.50. The van der Waals surface area contributed by atoms with E-state index >= 15 is 0 Å². The molecule has 1 aliphatic heterocycles. The minimum atomic E-state index is 0.175. The smallest absolute Gasteiger partial charge is 0.107 e. The van der Waals surface area contributed by atoms with Crippen molar-refractivity contribution in [2.24, 2.45) is 0 Å². The fourth-order valence-corrected chi connectivity index (χ4v) is 1.20. The molecule has 1 unspecified atom stereocenters. The zero-order valence-corrected chi connectivity index (χ0v) is 6.33. The average molecular weight is 145 g/mol. The molecule has 52 valence electrons. The van der Waals surface area contributed by atoms with Gasteiger partial charge in [0.1, 0.15) is 11.1 Å². The van der Waals surface area contributed by atoms with Gasteiger partial charge in [-0.15, -0.1) is 0 Å². The Morgan fingerprint density at radius 2 is 2.67 bits per heavy atom. The molecule has 1 fully saturated rings. The number of nitrogens with one attached hydrogen (secondary N) is 1. The molecule has 0 aliphatic carbocycles. The van der Waals surface area contributed by atoms with Crippen LogP contribution in [0.25, 0.3) is 0 Å². The van der Waals surface area contributed by atoms with Crippen LogP contribution in [0.15, 0.2) is 0 Å². The van der Waals surface area contributed by atoms with E-state index in [9.17, 15) is 0 Å². The Morgan fingerprint density at radius 1 is 1.89 bits per heavy atom. The van der Waals surface area contributed by atoms with Crippen molar-refractivity contribution >= 4 is 17.2 Å². The van der Waals surface area contributed by atoms with Crippen molar-refractivity contribution in [2.45, 2.75) is 19.4 Å². The van der Waals surface area contributed by atoms with Gasteiger partial charge in [-0.05, 0) is 6.42 Å². The predicted octanol–water partition coefficient (Wildman–Crippen LogP) is 0.712. The van der Waals surface area contributed by atoms with Crippen molar-refractivity contribution in [3.8, 4) is 0 Å². The van der Waals surface area contributed by atoms with Gasteiger partial charge in [-0.2, -0.15) is 0 Å². The van der Waals surface area contributed by atoms with Crippen molar-refractivity contribution in [1.82, 2.24) is 5.32 Å². The van der Waals surface area contributed by atoms with Crippen molar-refractivity contribution < 1.29 is 4.74 Å². The number of hydrogen-bond acceptors (Lipinski definition) is 2. The van der Waals surface area contributed by atoms with Gasteiger partial charge in [0.15, 0.2) is 0 Å². The highest BCUT2D eigenvalue weighted by atomic mass is 32.1. The van der Waals surface area contributed by atoms with E-state index in [2.05, 4.69) is 12.2 Å². The van der Waals surface area contributed by atoms with Crippen LogP contribution < -0.4 is 5.32 Å². The van der Waals surface area contributed by atoms with E-state index in [1.54, 1.807) is 0 Å². The summed E-state index contributed by atoms with van der Waals surface area (Å²) in [6, 6.07) is 0. The lowest BCUT2D eigenvalue weighted by atomic mass is 10.2.